The maximum atomic E-state index is 11.0. The Bertz CT molecular complexity index is 332. The van der Waals surface area contributed by atoms with Gasteiger partial charge in [0.1, 0.15) is 0 Å². The largest absolute Gasteiger partial charge is 0.472 e. The third-order valence-corrected chi connectivity index (χ3v) is 2.96. The summed E-state index contributed by atoms with van der Waals surface area (Å²) < 4.78 is 5.27. The number of carbonyl (C=O) groups excluding carboxylic acids is 1. The maximum absolute atomic E-state index is 11.0. The minimum Gasteiger partial charge on any atom is -0.472 e. The Balaban J connectivity index is 2.23. The molecule has 0 aromatic carbocycles. The summed E-state index contributed by atoms with van der Waals surface area (Å²) in [6.45, 7) is 2.29. The Morgan fingerprint density at radius 2 is 2.54 bits per heavy atom. The molecule has 13 heavy (non-hydrogen) atoms. The van der Waals surface area contributed by atoms with Gasteiger partial charge in [-0.15, -0.1) is 11.3 Å². The van der Waals surface area contributed by atoms with E-state index >= 15 is 0 Å². The van der Waals surface area contributed by atoms with Crippen LogP contribution in [0.5, 0.6) is 5.06 Å². The highest BCUT2D eigenvalue weighted by Crippen LogP contribution is 2.37. The number of amides is 1. The van der Waals surface area contributed by atoms with Crippen LogP contribution in [-0.4, -0.2) is 12.5 Å². The van der Waals surface area contributed by atoms with Crippen molar-refractivity contribution in [1.82, 2.24) is 0 Å². The van der Waals surface area contributed by atoms with Crippen LogP contribution in [-0.2, 0) is 11.2 Å². The monoisotopic (exact) mass is 197 g/mol. The molecular formula is C9H11NO2S. The average Bonchev–Trinajstić information content (AvgIpc) is 2.46. The standard InChI is InChI=1S/C9H11NO2S/c1-2-3-6-4-7-9(13-6)12-5-8(11)10-7/h4H,2-3,5H2,1H3,(H,10,11). The van der Waals surface area contributed by atoms with E-state index in [0.717, 1.165) is 23.6 Å². The van der Waals surface area contributed by atoms with Crippen molar-refractivity contribution >= 4 is 22.9 Å². The zero-order valence-corrected chi connectivity index (χ0v) is 8.24. The van der Waals surface area contributed by atoms with Gasteiger partial charge in [-0.05, 0) is 12.5 Å². The molecule has 0 aliphatic carbocycles. The summed E-state index contributed by atoms with van der Waals surface area (Å²) in [5.74, 6) is -0.0617. The molecule has 4 heteroatoms. The molecule has 2 rings (SSSR count). The van der Waals surface area contributed by atoms with Crippen LogP contribution >= 0.6 is 11.3 Å². The number of ether oxygens (including phenoxy) is 1. The number of aryl methyl sites for hydroxylation is 1. The molecule has 0 saturated heterocycles. The normalized spacial score (nSPS) is 14.7. The predicted octanol–water partition coefficient (Wildman–Crippen LogP) is 2.03. The Hall–Kier alpha value is -1.03. The lowest BCUT2D eigenvalue weighted by Gasteiger charge is -2.12. The fourth-order valence-corrected chi connectivity index (χ4v) is 2.36. The van der Waals surface area contributed by atoms with Crippen LogP contribution < -0.4 is 10.1 Å². The highest BCUT2D eigenvalue weighted by atomic mass is 32.1. The van der Waals surface area contributed by atoms with Gasteiger partial charge in [-0.1, -0.05) is 13.3 Å². The summed E-state index contributed by atoms with van der Waals surface area (Å²) in [4.78, 5) is 12.2. The molecule has 1 aromatic heterocycles. The van der Waals surface area contributed by atoms with Gasteiger partial charge in [0.05, 0.1) is 5.69 Å². The molecule has 1 aliphatic rings. The van der Waals surface area contributed by atoms with Gasteiger partial charge >= 0.3 is 0 Å². The molecule has 1 amide bonds. The molecule has 0 saturated carbocycles. The van der Waals surface area contributed by atoms with Gasteiger partial charge in [-0.25, -0.2) is 0 Å². The third-order valence-electron chi connectivity index (χ3n) is 1.85. The van der Waals surface area contributed by atoms with Gasteiger partial charge in [0.25, 0.3) is 5.91 Å². The second-order valence-corrected chi connectivity index (χ2v) is 4.10. The van der Waals surface area contributed by atoms with E-state index in [9.17, 15) is 4.79 Å². The quantitative estimate of drug-likeness (QED) is 0.787. The van der Waals surface area contributed by atoms with E-state index in [1.165, 1.54) is 4.88 Å². The first-order valence-corrected chi connectivity index (χ1v) is 5.16. The van der Waals surface area contributed by atoms with E-state index in [0.29, 0.717) is 0 Å². The molecule has 0 radical (unpaired) electrons. The Labute approximate surface area is 80.7 Å². The van der Waals surface area contributed by atoms with Gasteiger partial charge in [0.2, 0.25) is 0 Å². The molecule has 70 valence electrons. The lowest BCUT2D eigenvalue weighted by molar-refractivity contribution is -0.118. The number of hydrogen-bond donors (Lipinski definition) is 1. The average molecular weight is 197 g/mol. The molecule has 0 bridgehead atoms. The molecule has 1 N–H and O–H groups in total. The highest BCUT2D eigenvalue weighted by molar-refractivity contribution is 7.14. The molecule has 1 aliphatic heterocycles. The summed E-state index contributed by atoms with van der Waals surface area (Å²) in [7, 11) is 0. The Morgan fingerprint density at radius 3 is 3.31 bits per heavy atom. The highest BCUT2D eigenvalue weighted by Gasteiger charge is 2.18. The van der Waals surface area contributed by atoms with Crippen molar-refractivity contribution in [3.63, 3.8) is 0 Å². The van der Waals surface area contributed by atoms with Crippen molar-refractivity contribution in [2.24, 2.45) is 0 Å². The summed E-state index contributed by atoms with van der Waals surface area (Å²) in [5.41, 5.74) is 0.838. The number of thiophene rings is 1. The number of fused-ring (bicyclic) bond motifs is 1. The molecular weight excluding hydrogens is 186 g/mol. The molecule has 0 atom stereocenters. The summed E-state index contributed by atoms with van der Waals surface area (Å²) in [6.07, 6.45) is 2.17. The molecule has 0 fully saturated rings. The number of anilines is 1. The SMILES string of the molecule is CCCc1cc2c(s1)OCC(=O)N2. The van der Waals surface area contributed by atoms with Crippen LogP contribution in [0.25, 0.3) is 0 Å². The van der Waals surface area contributed by atoms with Gasteiger partial charge in [-0.3, -0.25) is 4.79 Å². The number of rotatable bonds is 2. The summed E-state index contributed by atoms with van der Waals surface area (Å²) >= 11 is 1.62. The van der Waals surface area contributed by atoms with Gasteiger partial charge in [0, 0.05) is 4.88 Å². The van der Waals surface area contributed by atoms with Crippen molar-refractivity contribution in [1.29, 1.82) is 0 Å². The van der Waals surface area contributed by atoms with Gasteiger partial charge < -0.3 is 10.1 Å². The van der Waals surface area contributed by atoms with E-state index in [-0.39, 0.29) is 12.5 Å². The topological polar surface area (TPSA) is 38.3 Å². The van der Waals surface area contributed by atoms with Crippen molar-refractivity contribution in [2.75, 3.05) is 11.9 Å². The maximum Gasteiger partial charge on any atom is 0.262 e. The Morgan fingerprint density at radius 1 is 1.69 bits per heavy atom. The minimum atomic E-state index is -0.0617. The second kappa shape index (κ2) is 3.38. The molecule has 2 heterocycles. The van der Waals surface area contributed by atoms with Crippen molar-refractivity contribution in [3.05, 3.63) is 10.9 Å². The van der Waals surface area contributed by atoms with Crippen molar-refractivity contribution in [2.45, 2.75) is 19.8 Å². The first-order valence-electron chi connectivity index (χ1n) is 4.35. The zero-order valence-electron chi connectivity index (χ0n) is 7.42. The van der Waals surface area contributed by atoms with Crippen LogP contribution in [0, 0.1) is 0 Å². The first kappa shape index (κ1) is 8.56. The third kappa shape index (κ3) is 1.67. The number of carbonyl (C=O) groups is 1. The summed E-state index contributed by atoms with van der Waals surface area (Å²) in [6, 6.07) is 2.00. The van der Waals surface area contributed by atoms with E-state index in [1.54, 1.807) is 11.3 Å². The first-order chi connectivity index (χ1) is 6.29. The van der Waals surface area contributed by atoms with E-state index in [2.05, 4.69) is 12.2 Å². The molecule has 0 unspecified atom stereocenters. The smallest absolute Gasteiger partial charge is 0.262 e. The van der Waals surface area contributed by atoms with E-state index in [1.807, 2.05) is 6.07 Å². The summed E-state index contributed by atoms with van der Waals surface area (Å²) in [5, 5.41) is 3.64. The van der Waals surface area contributed by atoms with E-state index in [4.69, 9.17) is 4.74 Å². The zero-order chi connectivity index (χ0) is 9.26. The predicted molar refractivity (Wildman–Crippen MR) is 52.4 cm³/mol. The van der Waals surface area contributed by atoms with E-state index < -0.39 is 0 Å². The number of hydrogen-bond acceptors (Lipinski definition) is 3. The molecule has 1 aromatic rings. The second-order valence-electron chi connectivity index (χ2n) is 3.00. The fourth-order valence-electron chi connectivity index (χ4n) is 1.30. The van der Waals surface area contributed by atoms with Crippen LogP contribution in [0.4, 0.5) is 5.69 Å². The van der Waals surface area contributed by atoms with Crippen LogP contribution in [0.1, 0.15) is 18.2 Å². The lowest BCUT2D eigenvalue weighted by Crippen LogP contribution is -2.24. The Kier molecular flexibility index (Phi) is 2.22. The number of nitrogens with one attached hydrogen (secondary N) is 1. The molecule has 0 spiro atoms. The minimum absolute atomic E-state index is 0.0617. The van der Waals surface area contributed by atoms with Crippen LogP contribution in [0.3, 0.4) is 0 Å². The van der Waals surface area contributed by atoms with Crippen LogP contribution in [0.15, 0.2) is 6.07 Å². The fraction of sp³-hybridized carbons (Fsp3) is 0.444. The lowest BCUT2D eigenvalue weighted by atomic mass is 10.3. The molecule has 3 nitrogen and oxygen atoms in total. The van der Waals surface area contributed by atoms with Crippen molar-refractivity contribution in [3.8, 4) is 5.06 Å². The van der Waals surface area contributed by atoms with Crippen molar-refractivity contribution < 1.29 is 9.53 Å². The van der Waals surface area contributed by atoms with Gasteiger partial charge in [0.15, 0.2) is 11.7 Å². The van der Waals surface area contributed by atoms with Gasteiger partial charge in [-0.2, -0.15) is 0 Å². The van der Waals surface area contributed by atoms with Crippen LogP contribution in [0.2, 0.25) is 0 Å².